The Hall–Kier alpha value is -3.25. The number of rotatable bonds is 5. The molecule has 0 bridgehead atoms. The van der Waals surface area contributed by atoms with E-state index < -0.39 is 0 Å². The van der Waals surface area contributed by atoms with E-state index in [0.29, 0.717) is 12.3 Å². The summed E-state index contributed by atoms with van der Waals surface area (Å²) in [5, 5.41) is 4.76. The summed E-state index contributed by atoms with van der Waals surface area (Å²) in [6.07, 6.45) is 3.69. The lowest BCUT2D eigenvalue weighted by molar-refractivity contribution is -0.128. The molecule has 0 N–H and O–H groups in total. The Kier molecular flexibility index (Phi) is 4.69. The van der Waals surface area contributed by atoms with Crippen LogP contribution in [-0.4, -0.2) is 26.3 Å². The molecule has 0 radical (unpaired) electrons. The lowest BCUT2D eigenvalue weighted by atomic mass is 10.1. The predicted octanol–water partition coefficient (Wildman–Crippen LogP) is 4.91. The fraction of sp³-hybridized carbons (Fsp3) is 0.130. The van der Waals surface area contributed by atoms with E-state index in [9.17, 15) is 4.79 Å². The number of hydrogen-bond donors (Lipinski definition) is 0. The van der Waals surface area contributed by atoms with Crippen LogP contribution in [0.25, 0.3) is 16.8 Å². The van der Waals surface area contributed by atoms with Gasteiger partial charge in [-0.25, -0.2) is 4.68 Å². The first-order valence-electron chi connectivity index (χ1n) is 9.43. The van der Waals surface area contributed by atoms with Crippen LogP contribution in [0, 0.1) is 0 Å². The van der Waals surface area contributed by atoms with Crippen LogP contribution in [0.15, 0.2) is 89.7 Å². The minimum absolute atomic E-state index is 0.102. The Labute approximate surface area is 173 Å². The second-order valence-corrected chi connectivity index (χ2v) is 7.91. The van der Waals surface area contributed by atoms with E-state index in [-0.39, 0.29) is 11.3 Å². The number of nitrogens with zero attached hydrogens (tertiary/aromatic N) is 3. The van der Waals surface area contributed by atoms with Crippen molar-refractivity contribution in [2.75, 3.05) is 5.75 Å². The molecular weight excluding hydrogens is 382 g/mol. The highest BCUT2D eigenvalue weighted by Gasteiger charge is 2.36. The number of carbonyl (C=O) groups excluding carboxylic acids is 1. The van der Waals surface area contributed by atoms with E-state index in [0.717, 1.165) is 28.3 Å². The summed E-state index contributed by atoms with van der Waals surface area (Å²) in [4.78, 5) is 14.5. The minimum Gasteiger partial charge on any atom is -0.467 e. The summed E-state index contributed by atoms with van der Waals surface area (Å²) in [5.41, 5.74) is 4.00. The fourth-order valence-corrected chi connectivity index (χ4v) is 4.72. The molecule has 0 unspecified atom stereocenters. The standard InChI is InChI=1S/C23H19N3O2S/c27-21-16-29-23(25(21)14-19-12-7-13-28-19)22-20(17-8-3-1-4-9-17)15-26(24-22)18-10-5-2-6-11-18/h1-13,15,23H,14,16H2/t23-/m1/s1. The van der Waals surface area contributed by atoms with Gasteiger partial charge in [0.05, 0.1) is 24.2 Å². The van der Waals surface area contributed by atoms with E-state index in [4.69, 9.17) is 9.52 Å². The van der Waals surface area contributed by atoms with Gasteiger partial charge in [-0.05, 0) is 29.8 Å². The molecule has 0 spiro atoms. The van der Waals surface area contributed by atoms with Gasteiger partial charge in [0.15, 0.2) is 0 Å². The molecule has 144 valence electrons. The fourth-order valence-electron chi connectivity index (χ4n) is 3.54. The zero-order valence-corrected chi connectivity index (χ0v) is 16.5. The SMILES string of the molecule is O=C1CS[C@H](c2nn(-c3ccccc3)cc2-c2ccccc2)N1Cc1ccco1. The topological polar surface area (TPSA) is 51.3 Å². The first-order chi connectivity index (χ1) is 14.3. The molecule has 3 heterocycles. The molecule has 1 atom stereocenters. The number of furan rings is 1. The van der Waals surface area contributed by atoms with Gasteiger partial charge in [-0.3, -0.25) is 4.79 Å². The summed E-state index contributed by atoms with van der Waals surface area (Å²) < 4.78 is 7.38. The maximum Gasteiger partial charge on any atom is 0.234 e. The molecule has 2 aromatic carbocycles. The summed E-state index contributed by atoms with van der Waals surface area (Å²) >= 11 is 1.61. The van der Waals surface area contributed by atoms with Crippen molar-refractivity contribution in [3.8, 4) is 16.8 Å². The molecule has 1 fully saturated rings. The van der Waals surface area contributed by atoms with Crippen LogP contribution in [0.1, 0.15) is 16.8 Å². The molecule has 29 heavy (non-hydrogen) atoms. The molecule has 1 aliphatic heterocycles. The lowest BCUT2D eigenvalue weighted by Gasteiger charge is -2.22. The molecule has 1 amide bonds. The van der Waals surface area contributed by atoms with Crippen LogP contribution in [0.5, 0.6) is 0 Å². The highest BCUT2D eigenvalue weighted by molar-refractivity contribution is 8.00. The van der Waals surface area contributed by atoms with Gasteiger partial charge in [-0.2, -0.15) is 5.10 Å². The van der Waals surface area contributed by atoms with Gasteiger partial charge >= 0.3 is 0 Å². The largest absolute Gasteiger partial charge is 0.467 e. The molecule has 1 saturated heterocycles. The van der Waals surface area contributed by atoms with E-state index in [1.807, 2.05) is 70.2 Å². The normalized spacial score (nSPS) is 16.5. The van der Waals surface area contributed by atoms with Crippen molar-refractivity contribution in [3.63, 3.8) is 0 Å². The van der Waals surface area contributed by atoms with Crippen molar-refractivity contribution in [1.82, 2.24) is 14.7 Å². The average molecular weight is 401 g/mol. The Balaban J connectivity index is 1.59. The Morgan fingerprint density at radius 1 is 1.00 bits per heavy atom. The van der Waals surface area contributed by atoms with Gasteiger partial charge in [0.2, 0.25) is 5.91 Å². The number of thioether (sulfide) groups is 1. The minimum atomic E-state index is -0.159. The van der Waals surface area contributed by atoms with Crippen molar-refractivity contribution < 1.29 is 9.21 Å². The number of carbonyl (C=O) groups is 1. The molecule has 0 aliphatic carbocycles. The molecule has 6 heteroatoms. The number of amides is 1. The van der Waals surface area contributed by atoms with Crippen LogP contribution < -0.4 is 0 Å². The third kappa shape index (κ3) is 3.47. The number of aromatic nitrogens is 2. The first kappa shape index (κ1) is 17.8. The van der Waals surface area contributed by atoms with Gasteiger partial charge < -0.3 is 9.32 Å². The maximum atomic E-state index is 12.6. The molecular formula is C23H19N3O2S. The van der Waals surface area contributed by atoms with Gasteiger partial charge in [-0.15, -0.1) is 11.8 Å². The van der Waals surface area contributed by atoms with E-state index in [1.165, 1.54) is 0 Å². The zero-order valence-electron chi connectivity index (χ0n) is 15.6. The molecule has 5 rings (SSSR count). The van der Waals surface area contributed by atoms with Crippen molar-refractivity contribution >= 4 is 17.7 Å². The average Bonchev–Trinajstić information content (AvgIpc) is 3.51. The van der Waals surface area contributed by atoms with Crippen molar-refractivity contribution in [1.29, 1.82) is 0 Å². The quantitative estimate of drug-likeness (QED) is 0.477. The molecule has 4 aromatic rings. The molecule has 5 nitrogen and oxygen atoms in total. The monoisotopic (exact) mass is 401 g/mol. The van der Waals surface area contributed by atoms with Crippen LogP contribution in [-0.2, 0) is 11.3 Å². The van der Waals surface area contributed by atoms with Gasteiger partial charge in [0.1, 0.15) is 16.8 Å². The molecule has 2 aromatic heterocycles. The predicted molar refractivity (Wildman–Crippen MR) is 113 cm³/mol. The first-order valence-corrected chi connectivity index (χ1v) is 10.5. The van der Waals surface area contributed by atoms with Crippen LogP contribution >= 0.6 is 11.8 Å². The van der Waals surface area contributed by atoms with Crippen LogP contribution in [0.3, 0.4) is 0 Å². The second-order valence-electron chi connectivity index (χ2n) is 6.84. The lowest BCUT2D eigenvalue weighted by Crippen LogP contribution is -2.28. The summed E-state index contributed by atoms with van der Waals surface area (Å²) in [7, 11) is 0. The summed E-state index contributed by atoms with van der Waals surface area (Å²) in [6, 6.07) is 24.0. The smallest absolute Gasteiger partial charge is 0.234 e. The van der Waals surface area contributed by atoms with Gasteiger partial charge in [-0.1, -0.05) is 48.5 Å². The third-order valence-corrected chi connectivity index (χ3v) is 6.16. The van der Waals surface area contributed by atoms with E-state index >= 15 is 0 Å². The zero-order chi connectivity index (χ0) is 19.6. The number of para-hydroxylation sites is 1. The van der Waals surface area contributed by atoms with E-state index in [2.05, 4.69) is 18.3 Å². The molecule has 1 aliphatic rings. The summed E-state index contributed by atoms with van der Waals surface area (Å²) in [6.45, 7) is 0.440. The Bertz CT molecular complexity index is 1110. The number of benzene rings is 2. The highest BCUT2D eigenvalue weighted by atomic mass is 32.2. The van der Waals surface area contributed by atoms with Crippen molar-refractivity contribution in [2.24, 2.45) is 0 Å². The van der Waals surface area contributed by atoms with Crippen molar-refractivity contribution in [3.05, 3.63) is 96.7 Å². The second kappa shape index (κ2) is 7.64. The van der Waals surface area contributed by atoms with Crippen LogP contribution in [0.2, 0.25) is 0 Å². The maximum absolute atomic E-state index is 12.6. The van der Waals surface area contributed by atoms with Crippen molar-refractivity contribution in [2.45, 2.75) is 11.9 Å². The summed E-state index contributed by atoms with van der Waals surface area (Å²) in [5.74, 6) is 1.32. The van der Waals surface area contributed by atoms with Gasteiger partial charge in [0.25, 0.3) is 0 Å². The van der Waals surface area contributed by atoms with Crippen LogP contribution in [0.4, 0.5) is 0 Å². The Morgan fingerprint density at radius 3 is 2.48 bits per heavy atom. The molecule has 0 saturated carbocycles. The third-order valence-electron chi connectivity index (χ3n) is 4.96. The van der Waals surface area contributed by atoms with E-state index in [1.54, 1.807) is 18.0 Å². The Morgan fingerprint density at radius 2 is 1.76 bits per heavy atom. The number of hydrogen-bond acceptors (Lipinski definition) is 4. The van der Waals surface area contributed by atoms with Gasteiger partial charge in [0, 0.05) is 11.8 Å². The highest BCUT2D eigenvalue weighted by Crippen LogP contribution is 2.43.